The molecule has 0 nitrogen and oxygen atoms in total. The largest absolute Gasteiger partial charge is 0.214 e. The third kappa shape index (κ3) is 8.07. The van der Waals surface area contributed by atoms with E-state index in [1.54, 1.807) is 3.81 Å². The molecule has 1 saturated carbocycles. The molecule has 0 aliphatic heterocycles. The molecule has 0 unspecified atom stereocenters. The number of hydrogen-bond acceptors (Lipinski definition) is 0. The monoisotopic (exact) mass is 500 g/mol. The Kier molecular flexibility index (Phi) is 10.8. The second kappa shape index (κ2) is 11.9. The van der Waals surface area contributed by atoms with Crippen molar-refractivity contribution < 1.29 is 44.8 Å². The first kappa shape index (κ1) is 29.0. The molecule has 32 heavy (non-hydrogen) atoms. The Bertz CT molecular complexity index is 918. The van der Waals surface area contributed by atoms with Crippen LogP contribution in [0.1, 0.15) is 76.6 Å². The fourth-order valence-corrected chi connectivity index (χ4v) is 3.56. The molecule has 170 valence electrons. The van der Waals surface area contributed by atoms with Crippen molar-refractivity contribution in [3.8, 4) is 11.1 Å². The van der Waals surface area contributed by atoms with E-state index >= 15 is 0 Å². The minimum atomic E-state index is 0. The minimum absolute atomic E-state index is 0. The molecule has 2 aliphatic carbocycles. The van der Waals surface area contributed by atoms with E-state index in [2.05, 4.69) is 97.9 Å². The smallest absolute Gasteiger partial charge is 0.172 e. The zero-order chi connectivity index (χ0) is 21.9. The van der Waals surface area contributed by atoms with Gasteiger partial charge in [-0.3, -0.25) is 0 Å². The Labute approximate surface area is 219 Å². The van der Waals surface area contributed by atoms with Gasteiger partial charge < -0.3 is 24.8 Å². The number of rotatable bonds is 0. The van der Waals surface area contributed by atoms with Crippen LogP contribution in [0.15, 0.2) is 60.7 Å². The average Bonchev–Trinajstić information content (AvgIpc) is 3.15. The van der Waals surface area contributed by atoms with Gasteiger partial charge in [0.1, 0.15) is 0 Å². The second-order valence-corrected chi connectivity index (χ2v) is 11.5. The van der Waals surface area contributed by atoms with Gasteiger partial charge in [-0.1, -0.05) is 76.3 Å². The molecule has 0 heterocycles. The summed E-state index contributed by atoms with van der Waals surface area (Å²) in [4.78, 5) is 0. The van der Waals surface area contributed by atoms with Gasteiger partial charge in [-0.2, -0.15) is 47.5 Å². The molecule has 0 atom stereocenters. The summed E-state index contributed by atoms with van der Waals surface area (Å²) in [6.45, 7) is 13.6. The van der Waals surface area contributed by atoms with Crippen LogP contribution in [0.5, 0.6) is 0 Å². The molecule has 3 aromatic carbocycles. The van der Waals surface area contributed by atoms with Crippen molar-refractivity contribution in [2.24, 2.45) is 0 Å². The van der Waals surface area contributed by atoms with Crippen LogP contribution in [0.4, 0.5) is 0 Å². The van der Waals surface area contributed by atoms with Gasteiger partial charge in [0.25, 0.3) is 0 Å². The Hall–Kier alpha value is -1.05. The van der Waals surface area contributed by atoms with E-state index < -0.39 is 0 Å². The summed E-state index contributed by atoms with van der Waals surface area (Å²) in [6, 6.07) is 25.1. The number of halogens is 2. The zero-order valence-electron chi connectivity index (χ0n) is 20.2. The quantitative estimate of drug-likeness (QED) is 0.254. The van der Waals surface area contributed by atoms with Crippen LogP contribution in [-0.2, 0) is 37.2 Å². The molecular formula is C29H34Cl2Ti-2. The predicted octanol–water partition coefficient (Wildman–Crippen LogP) is 1.57. The molecule has 0 amide bonds. The minimum Gasteiger partial charge on any atom is -0.214 e. The topological polar surface area (TPSA) is 0 Å². The Balaban J connectivity index is 0.000000387. The number of hydrogen-bond donors (Lipinski definition) is 0. The molecule has 0 saturated heterocycles. The molecule has 0 N–H and O–H groups in total. The summed E-state index contributed by atoms with van der Waals surface area (Å²) in [7, 11) is 0. The van der Waals surface area contributed by atoms with Gasteiger partial charge in [0.2, 0.25) is 0 Å². The van der Waals surface area contributed by atoms with E-state index in [4.69, 9.17) is 0 Å². The maximum atomic E-state index is 3.53. The predicted molar refractivity (Wildman–Crippen MR) is 127 cm³/mol. The first-order chi connectivity index (χ1) is 14.1. The van der Waals surface area contributed by atoms with Crippen LogP contribution in [0.2, 0.25) is 0 Å². The normalized spacial score (nSPS) is 13.2. The average molecular weight is 501 g/mol. The van der Waals surface area contributed by atoms with E-state index in [0.717, 1.165) is 6.42 Å². The van der Waals surface area contributed by atoms with E-state index in [9.17, 15) is 0 Å². The van der Waals surface area contributed by atoms with Crippen molar-refractivity contribution >= 4 is 3.81 Å². The molecule has 1 fully saturated rings. The van der Waals surface area contributed by atoms with E-state index in [1.807, 2.05) is 30.3 Å². The zero-order valence-corrected chi connectivity index (χ0v) is 23.2. The summed E-state index contributed by atoms with van der Waals surface area (Å²) in [5, 5.41) is 0. The Morgan fingerprint density at radius 3 is 1.78 bits per heavy atom. The molecule has 0 radical (unpaired) electrons. The van der Waals surface area contributed by atoms with Gasteiger partial charge in [0, 0.05) is 0 Å². The van der Waals surface area contributed by atoms with Crippen molar-refractivity contribution in [2.75, 3.05) is 0 Å². The summed E-state index contributed by atoms with van der Waals surface area (Å²) >= 11 is 2.19. The third-order valence-electron chi connectivity index (χ3n) is 5.58. The summed E-state index contributed by atoms with van der Waals surface area (Å²) in [6.07, 6.45) is 3.83. The summed E-state index contributed by atoms with van der Waals surface area (Å²) in [5.41, 5.74) is 8.76. The van der Waals surface area contributed by atoms with Crippen molar-refractivity contribution in [3.05, 3.63) is 89.0 Å². The number of fused-ring (bicyclic) bond motifs is 3. The number of benzene rings is 2. The van der Waals surface area contributed by atoms with Crippen molar-refractivity contribution in [3.63, 3.8) is 0 Å². The summed E-state index contributed by atoms with van der Waals surface area (Å²) in [5.74, 6) is 0. The molecule has 2 aliphatic rings. The molecule has 5 rings (SSSR count). The van der Waals surface area contributed by atoms with Gasteiger partial charge in [0.15, 0.2) is 0 Å². The van der Waals surface area contributed by atoms with Gasteiger partial charge in [-0.25, -0.2) is 12.1 Å². The fraction of sp³-hybridized carbons (Fsp3) is 0.379. The molecule has 0 aromatic heterocycles. The maximum absolute atomic E-state index is 3.53. The van der Waals surface area contributed by atoms with Crippen LogP contribution in [-0.4, -0.2) is 3.81 Å². The first-order valence-corrected chi connectivity index (χ1v) is 11.8. The van der Waals surface area contributed by atoms with E-state index in [-0.39, 0.29) is 35.6 Å². The SMILES string of the molecule is CC(C)(C)c1c[c-]c2c(c1)-c1cc(C(C)(C)C)ccc1C2.[Cl-].[Cl-].[Ti+2]=[C]1CC1.c1cc[cH-]c1. The second-order valence-electron chi connectivity index (χ2n) is 10.4. The van der Waals surface area contributed by atoms with Gasteiger partial charge >= 0.3 is 36.6 Å². The van der Waals surface area contributed by atoms with Crippen molar-refractivity contribution in [1.82, 2.24) is 0 Å². The van der Waals surface area contributed by atoms with Crippen LogP contribution in [0, 0.1) is 6.07 Å². The van der Waals surface area contributed by atoms with Gasteiger partial charge in [-0.05, 0) is 17.4 Å². The van der Waals surface area contributed by atoms with Crippen molar-refractivity contribution in [2.45, 2.75) is 71.6 Å². The maximum Gasteiger partial charge on any atom is -0.172 e. The van der Waals surface area contributed by atoms with Gasteiger partial charge in [-0.15, -0.1) is 5.56 Å². The van der Waals surface area contributed by atoms with Crippen molar-refractivity contribution in [1.29, 1.82) is 0 Å². The summed E-state index contributed by atoms with van der Waals surface area (Å²) < 4.78 is 1.67. The molecule has 0 spiro atoms. The molecular weight excluding hydrogens is 467 g/mol. The van der Waals surface area contributed by atoms with Crippen LogP contribution in [0.25, 0.3) is 11.1 Å². The van der Waals surface area contributed by atoms with E-state index in [0.29, 0.717) is 0 Å². The first-order valence-electron chi connectivity index (χ1n) is 11.0. The Morgan fingerprint density at radius 1 is 0.812 bits per heavy atom. The van der Waals surface area contributed by atoms with Crippen LogP contribution >= 0.6 is 0 Å². The third-order valence-corrected chi connectivity index (χ3v) is 6.36. The molecule has 3 heteroatoms. The van der Waals surface area contributed by atoms with Gasteiger partial charge in [0.05, 0.1) is 0 Å². The molecule has 3 aromatic rings. The Morgan fingerprint density at radius 2 is 1.34 bits per heavy atom. The standard InChI is InChI=1S/C21H25.C5H5.C3H4.2ClH.Ti/c1-20(2,3)16-9-7-14-11-15-8-10-17(21(4,5)6)13-19(15)18(14)12-16;1-2-4-5-3-1;1-2-3-1;;;/h7,9-10,12-13H,11H2,1-6H3;1-5H;1-2H2;2*1H;/q2*-1;;;;+2/p-2. The van der Waals surface area contributed by atoms with Crippen LogP contribution in [0.3, 0.4) is 0 Å². The fourth-order valence-electron chi connectivity index (χ4n) is 3.37. The van der Waals surface area contributed by atoms with Crippen LogP contribution < -0.4 is 24.8 Å². The van der Waals surface area contributed by atoms with E-state index in [1.165, 1.54) is 46.2 Å². The molecule has 0 bridgehead atoms.